The van der Waals surface area contributed by atoms with Gasteiger partial charge in [-0.05, 0) is 40.4 Å². The first-order valence-corrected chi connectivity index (χ1v) is 9.38. The van der Waals surface area contributed by atoms with Gasteiger partial charge in [0.15, 0.2) is 6.10 Å². The van der Waals surface area contributed by atoms with Gasteiger partial charge in [-0.1, -0.05) is 32.1 Å². The van der Waals surface area contributed by atoms with E-state index in [-0.39, 0.29) is 6.54 Å². The molecule has 1 aliphatic rings. The number of hydrogen-bond donors (Lipinski definition) is 3. The number of benzene rings is 1. The topological polar surface area (TPSA) is 78.8 Å². The maximum Gasteiger partial charge on any atom is 0.334 e. The van der Waals surface area contributed by atoms with Crippen molar-refractivity contribution in [2.45, 2.75) is 57.2 Å². The molecule has 0 bridgehead atoms. The molecular formula is C18H25BrFNO4. The molecule has 1 aromatic rings. The van der Waals surface area contributed by atoms with E-state index in [0.29, 0.717) is 28.1 Å². The fraction of sp³-hybridized carbons (Fsp3) is 0.611. The average Bonchev–Trinajstić information content (AvgIpc) is 2.61. The lowest BCUT2D eigenvalue weighted by molar-refractivity contribution is -0.148. The van der Waals surface area contributed by atoms with E-state index in [4.69, 9.17) is 4.74 Å². The number of carboxylic acids is 1. The minimum Gasteiger partial charge on any atom is -0.496 e. The Bertz CT molecular complexity index is 593. The van der Waals surface area contributed by atoms with Crippen molar-refractivity contribution in [3.63, 3.8) is 0 Å². The summed E-state index contributed by atoms with van der Waals surface area (Å²) in [5.74, 6) is -0.952. The normalized spacial score (nSPS) is 17.9. The Morgan fingerprint density at radius 2 is 2.08 bits per heavy atom. The molecule has 1 aliphatic carbocycles. The molecule has 2 rings (SSSR count). The van der Waals surface area contributed by atoms with Gasteiger partial charge in [0.2, 0.25) is 0 Å². The summed E-state index contributed by atoms with van der Waals surface area (Å²) in [5.41, 5.74) is 0.308. The third-order valence-electron chi connectivity index (χ3n) is 4.86. The van der Waals surface area contributed by atoms with E-state index in [1.165, 1.54) is 13.5 Å². The molecule has 2 unspecified atom stereocenters. The zero-order valence-corrected chi connectivity index (χ0v) is 15.9. The van der Waals surface area contributed by atoms with Crippen molar-refractivity contribution >= 4 is 21.9 Å². The summed E-state index contributed by atoms with van der Waals surface area (Å²) >= 11 is 3.15. The minimum atomic E-state index is -1.52. The number of rotatable bonds is 8. The van der Waals surface area contributed by atoms with E-state index in [2.05, 4.69) is 21.2 Å². The molecule has 1 fully saturated rings. The largest absolute Gasteiger partial charge is 0.496 e. The highest BCUT2D eigenvalue weighted by molar-refractivity contribution is 9.10. The maximum atomic E-state index is 14.4. The number of methoxy groups -OCH3 is 1. The van der Waals surface area contributed by atoms with Gasteiger partial charge in [-0.2, -0.15) is 0 Å². The van der Waals surface area contributed by atoms with Gasteiger partial charge in [-0.25, -0.2) is 9.18 Å². The van der Waals surface area contributed by atoms with Crippen LogP contribution in [0, 0.1) is 11.7 Å². The lowest BCUT2D eigenvalue weighted by Gasteiger charge is -2.29. The molecule has 0 spiro atoms. The summed E-state index contributed by atoms with van der Waals surface area (Å²) in [6.07, 6.45) is 4.59. The van der Waals surface area contributed by atoms with Gasteiger partial charge in [0.25, 0.3) is 0 Å². The van der Waals surface area contributed by atoms with Crippen LogP contribution < -0.4 is 10.1 Å². The van der Waals surface area contributed by atoms with Crippen molar-refractivity contribution in [1.29, 1.82) is 0 Å². The van der Waals surface area contributed by atoms with Gasteiger partial charge < -0.3 is 20.3 Å². The van der Waals surface area contributed by atoms with Crippen LogP contribution >= 0.6 is 15.9 Å². The molecule has 7 heteroatoms. The Morgan fingerprint density at radius 1 is 1.40 bits per heavy atom. The SMILES string of the molecule is COc1ccc(Br)c(F)c1CNC(CC1CCCCC1)C(O)C(=O)O. The standard InChI is InChI=1S/C18H25BrFNO4/c1-25-15-8-7-13(19)16(20)12(15)10-21-14(17(22)18(23)24)9-11-5-3-2-4-6-11/h7-8,11,14,17,21-22H,2-6,9-10H2,1H3,(H,23,24). The van der Waals surface area contributed by atoms with Crippen LogP contribution in [-0.4, -0.2) is 35.4 Å². The lowest BCUT2D eigenvalue weighted by Crippen LogP contribution is -2.45. The zero-order valence-electron chi connectivity index (χ0n) is 14.3. The number of aliphatic carboxylic acids is 1. The van der Waals surface area contributed by atoms with Crippen LogP contribution in [0.4, 0.5) is 4.39 Å². The Balaban J connectivity index is 2.11. The number of ether oxygens (including phenoxy) is 1. The summed E-state index contributed by atoms with van der Waals surface area (Å²) in [4.78, 5) is 11.2. The first-order chi connectivity index (χ1) is 11.9. The predicted octanol–water partition coefficient (Wildman–Crippen LogP) is 3.47. The molecule has 5 nitrogen and oxygen atoms in total. The number of hydrogen-bond acceptors (Lipinski definition) is 4. The molecule has 2 atom stereocenters. The van der Waals surface area contributed by atoms with E-state index in [1.807, 2.05) is 0 Å². The van der Waals surface area contributed by atoms with E-state index in [1.54, 1.807) is 12.1 Å². The van der Waals surface area contributed by atoms with Crippen LogP contribution in [0.5, 0.6) is 5.75 Å². The third kappa shape index (κ3) is 5.39. The van der Waals surface area contributed by atoms with Crippen molar-refractivity contribution in [1.82, 2.24) is 5.32 Å². The second-order valence-electron chi connectivity index (χ2n) is 6.55. The van der Waals surface area contributed by atoms with E-state index < -0.39 is 23.9 Å². The molecule has 1 saturated carbocycles. The summed E-state index contributed by atoms with van der Waals surface area (Å²) < 4.78 is 19.9. The molecule has 0 amide bonds. The van der Waals surface area contributed by atoms with Crippen LogP contribution in [0.1, 0.15) is 44.1 Å². The molecule has 0 aliphatic heterocycles. The molecular weight excluding hydrogens is 393 g/mol. The first-order valence-electron chi connectivity index (χ1n) is 8.59. The Kier molecular flexibility index (Phi) is 7.65. The van der Waals surface area contributed by atoms with Crippen LogP contribution in [0.25, 0.3) is 0 Å². The van der Waals surface area contributed by atoms with Crippen LogP contribution in [0.15, 0.2) is 16.6 Å². The van der Waals surface area contributed by atoms with Gasteiger partial charge in [0.05, 0.1) is 11.6 Å². The number of aliphatic hydroxyl groups excluding tert-OH is 1. The highest BCUT2D eigenvalue weighted by Gasteiger charge is 2.29. The summed E-state index contributed by atoms with van der Waals surface area (Å²) in [6.45, 7) is 0.0795. The molecule has 0 heterocycles. The number of carbonyl (C=O) groups is 1. The lowest BCUT2D eigenvalue weighted by atomic mass is 9.83. The van der Waals surface area contributed by atoms with Crippen molar-refractivity contribution in [2.24, 2.45) is 5.92 Å². The maximum absolute atomic E-state index is 14.4. The van der Waals surface area contributed by atoms with E-state index in [9.17, 15) is 19.4 Å². The van der Waals surface area contributed by atoms with Crippen LogP contribution in [-0.2, 0) is 11.3 Å². The van der Waals surface area contributed by atoms with Gasteiger partial charge in [0.1, 0.15) is 11.6 Å². The Labute approximate surface area is 155 Å². The van der Waals surface area contributed by atoms with E-state index in [0.717, 1.165) is 25.7 Å². The number of carboxylic acid groups (broad SMARTS) is 1. The van der Waals surface area contributed by atoms with Gasteiger partial charge in [0, 0.05) is 18.2 Å². The third-order valence-corrected chi connectivity index (χ3v) is 5.47. The molecule has 0 aromatic heterocycles. The minimum absolute atomic E-state index is 0.0795. The highest BCUT2D eigenvalue weighted by atomic mass is 79.9. The molecule has 140 valence electrons. The summed E-state index contributed by atoms with van der Waals surface area (Å²) in [5, 5.41) is 22.3. The molecule has 25 heavy (non-hydrogen) atoms. The second-order valence-corrected chi connectivity index (χ2v) is 7.41. The van der Waals surface area contributed by atoms with Crippen molar-refractivity contribution in [3.8, 4) is 5.75 Å². The summed E-state index contributed by atoms with van der Waals surface area (Å²) in [7, 11) is 1.46. The van der Waals surface area contributed by atoms with Gasteiger partial charge in [-0.3, -0.25) is 0 Å². The fourth-order valence-corrected chi connectivity index (χ4v) is 3.81. The summed E-state index contributed by atoms with van der Waals surface area (Å²) in [6, 6.07) is 2.57. The molecule has 3 N–H and O–H groups in total. The first kappa shape index (κ1) is 20.1. The van der Waals surface area contributed by atoms with Gasteiger partial charge >= 0.3 is 5.97 Å². The average molecular weight is 418 g/mol. The van der Waals surface area contributed by atoms with Crippen molar-refractivity contribution in [3.05, 3.63) is 28.0 Å². The Hall–Kier alpha value is -1.18. The highest BCUT2D eigenvalue weighted by Crippen LogP contribution is 2.30. The monoisotopic (exact) mass is 417 g/mol. The number of nitrogens with one attached hydrogen (secondary N) is 1. The van der Waals surface area contributed by atoms with Crippen molar-refractivity contribution in [2.75, 3.05) is 7.11 Å². The van der Waals surface area contributed by atoms with Gasteiger partial charge in [-0.15, -0.1) is 0 Å². The zero-order chi connectivity index (χ0) is 18.4. The van der Waals surface area contributed by atoms with Crippen molar-refractivity contribution < 1.29 is 24.1 Å². The molecule has 0 saturated heterocycles. The quantitative estimate of drug-likeness (QED) is 0.603. The number of aliphatic hydroxyl groups is 1. The molecule has 0 radical (unpaired) electrons. The molecule has 1 aromatic carbocycles. The second kappa shape index (κ2) is 9.50. The number of halogens is 2. The fourth-order valence-electron chi connectivity index (χ4n) is 3.44. The van der Waals surface area contributed by atoms with E-state index >= 15 is 0 Å². The Morgan fingerprint density at radius 3 is 2.68 bits per heavy atom. The van der Waals surface area contributed by atoms with Crippen LogP contribution in [0.3, 0.4) is 0 Å². The smallest absolute Gasteiger partial charge is 0.334 e. The van der Waals surface area contributed by atoms with Crippen LogP contribution in [0.2, 0.25) is 0 Å². The predicted molar refractivity (Wildman–Crippen MR) is 96.1 cm³/mol.